The molecule has 0 radical (unpaired) electrons. The third-order valence-corrected chi connectivity index (χ3v) is 24.6. The molecule has 0 saturated heterocycles. The van der Waals surface area contributed by atoms with E-state index < -0.39 is 23.9 Å². The van der Waals surface area contributed by atoms with Crippen molar-refractivity contribution in [1.82, 2.24) is 0 Å². The number of thiophene rings is 7. The van der Waals surface area contributed by atoms with Crippen LogP contribution in [0.5, 0.6) is 0 Å². The molecule has 27 heteroatoms. The van der Waals surface area contributed by atoms with Gasteiger partial charge >= 0.3 is 23.9 Å². The van der Waals surface area contributed by atoms with Gasteiger partial charge in [0, 0.05) is 105 Å². The van der Waals surface area contributed by atoms with Gasteiger partial charge in [-0.15, -0.1) is 79.4 Å². The minimum absolute atomic E-state index is 0.000756. The Kier molecular flexibility index (Phi) is 23.7. The monoisotopic (exact) mass is 1690 g/mol. The summed E-state index contributed by atoms with van der Waals surface area (Å²) >= 11 is 31.0. The van der Waals surface area contributed by atoms with Gasteiger partial charge in [0.25, 0.3) is 23.6 Å². The highest BCUT2D eigenvalue weighted by molar-refractivity contribution is 9.10. The van der Waals surface area contributed by atoms with Gasteiger partial charge in [0.05, 0.1) is 0 Å². The maximum absolute atomic E-state index is 12.7. The lowest BCUT2D eigenvalue weighted by molar-refractivity contribution is 0.0688. The largest absolute Gasteiger partial charge is 0.478 e. The van der Waals surface area contributed by atoms with E-state index in [4.69, 9.17) is 34.8 Å². The van der Waals surface area contributed by atoms with Crippen LogP contribution < -0.4 is 21.3 Å². The van der Waals surface area contributed by atoms with Gasteiger partial charge in [0.15, 0.2) is 0 Å². The topological polar surface area (TPSA) is 266 Å². The van der Waals surface area contributed by atoms with E-state index in [0.717, 1.165) is 80.3 Å². The number of hydrogen-bond acceptors (Lipinski definition) is 15. The molecule has 1 aliphatic carbocycles. The quantitative estimate of drug-likeness (QED) is 0.0449. The van der Waals surface area contributed by atoms with Gasteiger partial charge in [-0.25, -0.2) is 19.2 Å². The van der Waals surface area contributed by atoms with Crippen LogP contribution in [0.4, 0.5) is 20.0 Å². The zero-order valence-corrected chi connectivity index (χ0v) is 65.7. The third kappa shape index (κ3) is 17.6. The Morgan fingerprint density at radius 1 is 0.367 bits per heavy atom. The molecular weight excluding hydrogens is 1640 g/mol. The fraction of sp³-hybridized carbons (Fsp3) is 0.0244. The second kappa shape index (κ2) is 33.8. The molecule has 8 aromatic carbocycles. The molecule has 0 spiro atoms. The van der Waals surface area contributed by atoms with Crippen molar-refractivity contribution in [2.75, 3.05) is 21.3 Å². The standard InChI is InChI=1S/C21H14ClNO3S.C21H15NO3S2.C20H12BrNO3S2.C20H11Cl2NO3S2/c22-16-8-6-13(7-9-16)17-11-27-20(18(17)21(25)26)23-19(24)15-5-4-12-2-1-3-14(12)10-15;1-12-2-4-13(5-3-12)16-11-27-20(18(16)21(24)25)22-19(23)15-6-7-17-14(10-15)8-9-26-17;21-14-4-1-11(2-5-14)15-10-27-19(17(15)20(24)25)22-18(23)13-3-6-16-12(9-13)7-8-26-16;21-12-2-3-13(15(22)8-12)14-9-28-19(17(14)20(25)26)23-18(24)11-1-4-16-10(7-11)5-6-27-16/h1,3-11H,2H2,(H,23,24)(H,25,26);2-11H,1H3,(H,22,23)(H,24,25);1-10H,(H,22,23)(H,24,25);1-9H,(H,23,24)(H,25,26). The van der Waals surface area contributed by atoms with E-state index in [2.05, 4.69) is 37.2 Å². The number of carboxylic acid groups (broad SMARTS) is 4. The van der Waals surface area contributed by atoms with Gasteiger partial charge in [-0.05, 0) is 195 Å². The van der Waals surface area contributed by atoms with Gasteiger partial charge < -0.3 is 41.7 Å². The van der Waals surface area contributed by atoms with Gasteiger partial charge in [-0.2, -0.15) is 0 Å². The lowest BCUT2D eigenvalue weighted by atomic mass is 10.0. The van der Waals surface area contributed by atoms with E-state index in [-0.39, 0.29) is 50.9 Å². The van der Waals surface area contributed by atoms with Crippen LogP contribution >= 0.6 is 130 Å². The second-order valence-electron chi connectivity index (χ2n) is 24.0. The van der Waals surface area contributed by atoms with E-state index in [1.54, 1.807) is 128 Å². The third-order valence-electron chi connectivity index (χ3n) is 17.0. The van der Waals surface area contributed by atoms with Gasteiger partial charge in [-0.3, -0.25) is 19.2 Å². The van der Waals surface area contributed by atoms with Crippen LogP contribution in [0.3, 0.4) is 0 Å². The normalized spacial score (nSPS) is 11.2. The maximum atomic E-state index is 12.7. The Bertz CT molecular complexity index is 5930. The summed E-state index contributed by atoms with van der Waals surface area (Å²) in [6.07, 6.45) is 4.90. The smallest absolute Gasteiger partial charge is 0.339 e. The molecule has 0 atom stereocenters. The molecule has 0 bridgehead atoms. The number of aryl methyl sites for hydroxylation is 1. The Morgan fingerprint density at radius 3 is 1.11 bits per heavy atom. The second-order valence-corrected chi connectivity index (χ2v) is 32.6. The number of hydrogen-bond donors (Lipinski definition) is 8. The first-order valence-electron chi connectivity index (χ1n) is 32.4. The molecule has 0 unspecified atom stereocenters. The summed E-state index contributed by atoms with van der Waals surface area (Å²) in [6.45, 7) is 1.98. The Hall–Kier alpha value is -10.7. The number of allylic oxidation sites excluding steroid dienone is 1. The number of amides is 4. The number of halogens is 4. The van der Waals surface area contributed by atoms with Gasteiger partial charge in [0.2, 0.25) is 0 Å². The van der Waals surface area contributed by atoms with E-state index in [1.807, 2.05) is 144 Å². The van der Waals surface area contributed by atoms with Crippen LogP contribution in [0.25, 0.3) is 80.8 Å². The van der Waals surface area contributed by atoms with E-state index in [1.165, 1.54) is 39.6 Å². The number of nitrogens with one attached hydrogen (secondary N) is 4. The minimum Gasteiger partial charge on any atom is -0.478 e. The van der Waals surface area contributed by atoms with E-state index >= 15 is 0 Å². The van der Waals surface area contributed by atoms with Crippen molar-refractivity contribution >= 4 is 234 Å². The van der Waals surface area contributed by atoms with Crippen LogP contribution in [0.15, 0.2) is 230 Å². The van der Waals surface area contributed by atoms with Crippen molar-refractivity contribution in [1.29, 1.82) is 0 Å². The molecule has 1 aliphatic rings. The first kappa shape index (κ1) is 76.5. The van der Waals surface area contributed by atoms with Crippen LogP contribution in [-0.2, 0) is 6.42 Å². The molecule has 0 aliphatic heterocycles. The first-order valence-corrected chi connectivity index (χ1v) is 40.5. The average Bonchev–Trinajstić information content (AvgIpc) is 1.69. The summed E-state index contributed by atoms with van der Waals surface area (Å²) in [5.41, 5.74) is 10.6. The van der Waals surface area contributed by atoms with Crippen molar-refractivity contribution in [2.45, 2.75) is 13.3 Å². The van der Waals surface area contributed by atoms with Crippen LogP contribution in [0.1, 0.15) is 99.6 Å². The summed E-state index contributed by atoms with van der Waals surface area (Å²) in [6, 6.07) is 54.5. The van der Waals surface area contributed by atoms with Crippen LogP contribution in [-0.4, -0.2) is 67.9 Å². The lowest BCUT2D eigenvalue weighted by Crippen LogP contribution is -2.13. The molecule has 542 valence electrons. The summed E-state index contributed by atoms with van der Waals surface area (Å²) in [5, 5.41) is 68.2. The molecule has 4 amide bonds. The Morgan fingerprint density at radius 2 is 0.716 bits per heavy atom. The highest BCUT2D eigenvalue weighted by Crippen LogP contribution is 2.43. The summed E-state index contributed by atoms with van der Waals surface area (Å²) in [7, 11) is 0. The zero-order chi connectivity index (χ0) is 76.7. The maximum Gasteiger partial charge on any atom is 0.339 e. The fourth-order valence-corrected chi connectivity index (χ4v) is 18.6. The van der Waals surface area contributed by atoms with E-state index in [0.29, 0.717) is 80.1 Å². The van der Waals surface area contributed by atoms with E-state index in [9.17, 15) is 58.8 Å². The van der Waals surface area contributed by atoms with Gasteiger partial charge in [0.1, 0.15) is 42.3 Å². The van der Waals surface area contributed by atoms with Gasteiger partial charge in [-0.1, -0.05) is 129 Å². The van der Waals surface area contributed by atoms with Crippen molar-refractivity contribution in [2.24, 2.45) is 0 Å². The SMILES string of the molecule is Cc1ccc(-c2csc(NC(=O)c3ccc4sccc4c3)c2C(=O)O)cc1.O=C(Nc1scc(-c2ccc(Br)cc2)c1C(=O)O)c1ccc2sccc2c1.O=C(Nc1scc(-c2ccc(Cl)cc2)c1C(=O)O)c1ccc2c(c1)C=CC2.O=C(Nc1scc(-c2ccc(Cl)cc2Cl)c1C(=O)O)c1ccc2sccc2c1. The summed E-state index contributed by atoms with van der Waals surface area (Å²) < 4.78 is 4.20. The Labute approximate surface area is 672 Å². The molecule has 7 heterocycles. The van der Waals surface area contributed by atoms with Crippen molar-refractivity contribution in [3.05, 3.63) is 306 Å². The number of fused-ring (bicyclic) bond motifs is 4. The summed E-state index contributed by atoms with van der Waals surface area (Å²) in [4.78, 5) is 98.1. The summed E-state index contributed by atoms with van der Waals surface area (Å²) in [5.74, 6) is -5.71. The molecule has 109 heavy (non-hydrogen) atoms. The van der Waals surface area contributed by atoms with Crippen molar-refractivity contribution in [3.63, 3.8) is 0 Å². The molecular formula is C82H52BrCl3N4O12S7. The highest BCUT2D eigenvalue weighted by Gasteiger charge is 2.27. The number of carbonyl (C=O) groups excluding carboxylic acids is 4. The van der Waals surface area contributed by atoms with Crippen LogP contribution in [0.2, 0.25) is 15.1 Å². The molecule has 0 fully saturated rings. The molecule has 8 N–H and O–H groups in total. The molecule has 16 rings (SSSR count). The number of rotatable bonds is 16. The number of benzene rings is 8. The minimum atomic E-state index is -1.15. The zero-order valence-electron chi connectivity index (χ0n) is 56.1. The highest BCUT2D eigenvalue weighted by atomic mass is 79.9. The van der Waals surface area contributed by atoms with Crippen LogP contribution in [0, 0.1) is 6.92 Å². The predicted molar refractivity (Wildman–Crippen MR) is 451 cm³/mol. The number of anilines is 4. The molecule has 16 nitrogen and oxygen atoms in total. The molecule has 0 saturated carbocycles. The number of carboxylic acids is 4. The van der Waals surface area contributed by atoms with Crippen molar-refractivity contribution in [3.8, 4) is 44.5 Å². The number of aromatic carboxylic acids is 4. The predicted octanol–water partition coefficient (Wildman–Crippen LogP) is 24.7. The fourth-order valence-electron chi connectivity index (χ4n) is 11.6. The lowest BCUT2D eigenvalue weighted by Gasteiger charge is -2.08. The molecule has 7 aromatic heterocycles. The Balaban J connectivity index is 0.000000128. The first-order chi connectivity index (χ1) is 52.5. The van der Waals surface area contributed by atoms with Crippen molar-refractivity contribution < 1.29 is 58.8 Å². The molecule has 15 aromatic rings. The average molecular weight is 1700 g/mol. The number of carbonyl (C=O) groups is 8.